The van der Waals surface area contributed by atoms with Crippen LogP contribution in [0.4, 0.5) is 5.82 Å². The molecule has 1 aromatic carbocycles. The molecule has 0 aliphatic heterocycles. The molecular weight excluding hydrogens is 232 g/mol. The third kappa shape index (κ3) is 1.93. The number of carbonyl (C=O) groups excluding carboxylic acids is 1. The maximum absolute atomic E-state index is 11.7. The predicted octanol–water partition coefficient (Wildman–Crippen LogP) is 1.04. The minimum atomic E-state index is -0.515. The zero-order valence-electron chi connectivity index (χ0n) is 10.5. The molecular formula is C13H16N2O3. The molecule has 0 spiro atoms. The standard InChI is InChI=1S/C13H16N2O3/c1-3-14(13(17)9-16)12-8-10-6-4-5-7-11(10)15(12)18-2/h4-8,16H,3,9H2,1-2H3. The van der Waals surface area contributed by atoms with Gasteiger partial charge in [0.1, 0.15) is 13.7 Å². The maximum Gasteiger partial charge on any atom is 0.253 e. The van der Waals surface area contributed by atoms with Gasteiger partial charge in [-0.2, -0.15) is 4.73 Å². The van der Waals surface area contributed by atoms with Crippen LogP contribution in [0.1, 0.15) is 6.92 Å². The number of aliphatic hydroxyl groups is 1. The number of carbonyl (C=O) groups is 1. The Bertz CT molecular complexity index is 562. The zero-order valence-corrected chi connectivity index (χ0v) is 10.5. The summed E-state index contributed by atoms with van der Waals surface area (Å²) < 4.78 is 1.59. The van der Waals surface area contributed by atoms with Crippen molar-refractivity contribution in [3.8, 4) is 0 Å². The summed E-state index contributed by atoms with van der Waals surface area (Å²) in [6, 6.07) is 9.57. The topological polar surface area (TPSA) is 54.7 Å². The van der Waals surface area contributed by atoms with Crippen molar-refractivity contribution in [2.75, 3.05) is 25.2 Å². The predicted molar refractivity (Wildman–Crippen MR) is 69.6 cm³/mol. The van der Waals surface area contributed by atoms with Gasteiger partial charge in [0, 0.05) is 11.9 Å². The van der Waals surface area contributed by atoms with E-state index in [1.165, 1.54) is 4.90 Å². The highest BCUT2D eigenvalue weighted by atomic mass is 16.6. The molecule has 1 heterocycles. The normalized spacial score (nSPS) is 10.6. The molecule has 0 bridgehead atoms. The van der Waals surface area contributed by atoms with E-state index in [0.29, 0.717) is 12.4 Å². The van der Waals surface area contributed by atoms with Gasteiger partial charge in [-0.15, -0.1) is 0 Å². The van der Waals surface area contributed by atoms with Crippen LogP contribution in [0.5, 0.6) is 0 Å². The number of benzene rings is 1. The number of aromatic nitrogens is 1. The average molecular weight is 248 g/mol. The van der Waals surface area contributed by atoms with E-state index in [1.807, 2.05) is 37.3 Å². The first-order chi connectivity index (χ1) is 8.72. The van der Waals surface area contributed by atoms with Crippen LogP contribution in [0.2, 0.25) is 0 Å². The highest BCUT2D eigenvalue weighted by molar-refractivity contribution is 5.96. The molecule has 18 heavy (non-hydrogen) atoms. The molecule has 5 nitrogen and oxygen atoms in total. The second-order valence-corrected chi connectivity index (χ2v) is 3.83. The quantitative estimate of drug-likeness (QED) is 0.879. The number of rotatable bonds is 4. The van der Waals surface area contributed by atoms with Gasteiger partial charge in [0.15, 0.2) is 5.82 Å². The Balaban J connectivity index is 2.58. The minimum absolute atomic E-state index is 0.349. The Hall–Kier alpha value is -2.01. The van der Waals surface area contributed by atoms with Crippen molar-refractivity contribution in [2.24, 2.45) is 0 Å². The molecule has 0 saturated heterocycles. The fourth-order valence-corrected chi connectivity index (χ4v) is 2.05. The van der Waals surface area contributed by atoms with Crippen LogP contribution < -0.4 is 9.74 Å². The Kier molecular flexibility index (Phi) is 3.53. The van der Waals surface area contributed by atoms with E-state index in [0.717, 1.165) is 10.9 Å². The molecule has 5 heteroatoms. The van der Waals surface area contributed by atoms with Crippen molar-refractivity contribution in [1.82, 2.24) is 4.73 Å². The molecule has 96 valence electrons. The number of hydrogen-bond donors (Lipinski definition) is 1. The first-order valence-electron chi connectivity index (χ1n) is 5.79. The lowest BCUT2D eigenvalue weighted by Crippen LogP contribution is -2.35. The lowest BCUT2D eigenvalue weighted by atomic mass is 10.2. The molecule has 0 aliphatic rings. The maximum atomic E-state index is 11.7. The third-order valence-electron chi connectivity index (χ3n) is 2.86. The lowest BCUT2D eigenvalue weighted by molar-refractivity contribution is -0.121. The summed E-state index contributed by atoms with van der Waals surface area (Å²) in [5.74, 6) is 0.277. The number of nitrogens with zero attached hydrogens (tertiary/aromatic N) is 2. The van der Waals surface area contributed by atoms with E-state index in [2.05, 4.69) is 0 Å². The highest BCUT2D eigenvalue weighted by Crippen LogP contribution is 2.25. The highest BCUT2D eigenvalue weighted by Gasteiger charge is 2.19. The van der Waals surface area contributed by atoms with Gasteiger partial charge in [-0.1, -0.05) is 18.2 Å². The van der Waals surface area contributed by atoms with Gasteiger partial charge in [0.2, 0.25) is 0 Å². The molecule has 1 aromatic heterocycles. The Morgan fingerprint density at radius 2 is 2.17 bits per heavy atom. The summed E-state index contributed by atoms with van der Waals surface area (Å²) in [7, 11) is 1.55. The molecule has 0 saturated carbocycles. The van der Waals surface area contributed by atoms with Crippen LogP contribution >= 0.6 is 0 Å². The number of anilines is 1. The summed E-state index contributed by atoms with van der Waals surface area (Å²) in [6.45, 7) is 1.81. The largest absolute Gasteiger partial charge is 0.415 e. The molecule has 0 fully saturated rings. The second kappa shape index (κ2) is 5.10. The summed E-state index contributed by atoms with van der Waals surface area (Å²) in [5.41, 5.74) is 0.888. The second-order valence-electron chi connectivity index (χ2n) is 3.83. The van der Waals surface area contributed by atoms with Crippen LogP contribution in [0, 0.1) is 0 Å². The summed E-state index contributed by atoms with van der Waals surface area (Å²) in [4.78, 5) is 18.5. The minimum Gasteiger partial charge on any atom is -0.415 e. The van der Waals surface area contributed by atoms with Gasteiger partial charge < -0.3 is 9.94 Å². The van der Waals surface area contributed by atoms with Crippen molar-refractivity contribution in [3.63, 3.8) is 0 Å². The summed E-state index contributed by atoms with van der Waals surface area (Å²) in [6.07, 6.45) is 0. The Morgan fingerprint density at radius 1 is 1.44 bits per heavy atom. The summed E-state index contributed by atoms with van der Waals surface area (Å²) in [5, 5.41) is 9.98. The van der Waals surface area contributed by atoms with Gasteiger partial charge >= 0.3 is 0 Å². The van der Waals surface area contributed by atoms with E-state index in [4.69, 9.17) is 9.94 Å². The van der Waals surface area contributed by atoms with Crippen LogP contribution in [0.25, 0.3) is 10.9 Å². The molecule has 0 aliphatic carbocycles. The van der Waals surface area contributed by atoms with Crippen LogP contribution in [-0.2, 0) is 4.79 Å². The first-order valence-corrected chi connectivity index (χ1v) is 5.79. The first kappa shape index (κ1) is 12.4. The average Bonchev–Trinajstić information content (AvgIpc) is 2.77. The fourth-order valence-electron chi connectivity index (χ4n) is 2.05. The van der Waals surface area contributed by atoms with E-state index in [-0.39, 0.29) is 5.91 Å². The molecule has 0 atom stereocenters. The van der Waals surface area contributed by atoms with E-state index in [9.17, 15) is 4.79 Å². The van der Waals surface area contributed by atoms with Crippen LogP contribution in [-0.4, -0.2) is 36.0 Å². The third-order valence-corrected chi connectivity index (χ3v) is 2.86. The van der Waals surface area contributed by atoms with Crippen molar-refractivity contribution in [2.45, 2.75) is 6.92 Å². The van der Waals surface area contributed by atoms with Gasteiger partial charge in [0.05, 0.1) is 5.52 Å². The number of aliphatic hydroxyl groups excluding tert-OH is 1. The number of para-hydroxylation sites is 1. The molecule has 0 unspecified atom stereocenters. The summed E-state index contributed by atoms with van der Waals surface area (Å²) >= 11 is 0. The number of hydrogen-bond acceptors (Lipinski definition) is 3. The van der Waals surface area contributed by atoms with Crippen molar-refractivity contribution in [1.29, 1.82) is 0 Å². The molecule has 2 rings (SSSR count). The Labute approximate surface area is 105 Å². The lowest BCUT2D eigenvalue weighted by Gasteiger charge is -2.20. The Morgan fingerprint density at radius 3 is 2.78 bits per heavy atom. The number of amides is 1. The number of fused-ring (bicyclic) bond motifs is 1. The van der Waals surface area contributed by atoms with E-state index >= 15 is 0 Å². The van der Waals surface area contributed by atoms with Gasteiger partial charge in [0.25, 0.3) is 5.91 Å². The van der Waals surface area contributed by atoms with E-state index in [1.54, 1.807) is 11.8 Å². The van der Waals surface area contributed by atoms with Crippen molar-refractivity contribution >= 4 is 22.6 Å². The fraction of sp³-hybridized carbons (Fsp3) is 0.308. The smallest absolute Gasteiger partial charge is 0.253 e. The van der Waals surface area contributed by atoms with Gasteiger partial charge in [-0.25, -0.2) is 0 Å². The van der Waals surface area contributed by atoms with E-state index < -0.39 is 6.61 Å². The van der Waals surface area contributed by atoms with Crippen LogP contribution in [0.3, 0.4) is 0 Å². The molecule has 1 amide bonds. The molecule has 1 N–H and O–H groups in total. The number of likely N-dealkylation sites (N-methyl/N-ethyl adjacent to an activating group) is 1. The molecule has 0 radical (unpaired) electrons. The monoisotopic (exact) mass is 248 g/mol. The van der Waals surface area contributed by atoms with Crippen molar-refractivity contribution in [3.05, 3.63) is 30.3 Å². The van der Waals surface area contributed by atoms with Crippen LogP contribution in [0.15, 0.2) is 30.3 Å². The zero-order chi connectivity index (χ0) is 13.1. The SMILES string of the molecule is CCN(C(=O)CO)c1cc2ccccc2n1OC. The van der Waals surface area contributed by atoms with Gasteiger partial charge in [-0.05, 0) is 19.1 Å². The van der Waals surface area contributed by atoms with Crippen molar-refractivity contribution < 1.29 is 14.7 Å². The van der Waals surface area contributed by atoms with Gasteiger partial charge in [-0.3, -0.25) is 9.69 Å². The molecule has 2 aromatic rings.